The fourth-order valence-electron chi connectivity index (χ4n) is 1.17. The van der Waals surface area contributed by atoms with Gasteiger partial charge in [-0.25, -0.2) is 0 Å². The minimum atomic E-state index is -1.06. The third-order valence-corrected chi connectivity index (χ3v) is 2.04. The minimum absolute atomic E-state index is 0.0926. The topological polar surface area (TPSA) is 46.5 Å². The van der Waals surface area contributed by atoms with Gasteiger partial charge in [0.2, 0.25) is 0 Å². The molecule has 0 aromatic rings. The molecular formula is C8H10O3. The zero-order valence-corrected chi connectivity index (χ0v) is 6.33. The quantitative estimate of drug-likeness (QED) is 0.425. The van der Waals surface area contributed by atoms with Crippen molar-refractivity contribution in [3.05, 3.63) is 0 Å². The van der Waals surface area contributed by atoms with Crippen molar-refractivity contribution in [2.75, 3.05) is 6.61 Å². The summed E-state index contributed by atoms with van der Waals surface area (Å²) in [4.78, 5) is 10.8. The number of aliphatic hydroxyl groups excluding tert-OH is 1. The predicted molar refractivity (Wildman–Crippen MR) is 38.5 cm³/mol. The van der Waals surface area contributed by atoms with Gasteiger partial charge in [-0.3, -0.25) is 4.79 Å². The van der Waals surface area contributed by atoms with Crippen molar-refractivity contribution >= 4 is 5.97 Å². The second kappa shape index (κ2) is 2.55. The van der Waals surface area contributed by atoms with Gasteiger partial charge in [-0.2, -0.15) is 0 Å². The Hall–Kier alpha value is -1.01. The molecule has 1 heterocycles. The first-order valence-electron chi connectivity index (χ1n) is 3.45. The molecule has 1 aliphatic heterocycles. The number of terminal acetylenes is 1. The molecule has 0 amide bonds. The molecular weight excluding hydrogens is 144 g/mol. The van der Waals surface area contributed by atoms with Crippen molar-refractivity contribution in [1.29, 1.82) is 0 Å². The molecule has 1 aliphatic rings. The summed E-state index contributed by atoms with van der Waals surface area (Å²) in [6.45, 7) is 1.50. The van der Waals surface area contributed by atoms with Crippen LogP contribution in [0.2, 0.25) is 0 Å². The average molecular weight is 154 g/mol. The second-order valence-electron chi connectivity index (χ2n) is 2.77. The van der Waals surface area contributed by atoms with E-state index in [1.807, 2.05) is 0 Å². The standard InChI is InChI=1S/C8H10O3/c1-3-8(5-9)6(2)4-7(10)11-8/h1,6,9H,4-5H2,2H3/t6-,8+/m0/s1. The lowest BCUT2D eigenvalue weighted by Gasteiger charge is -2.22. The number of esters is 1. The number of hydrogen-bond donors (Lipinski definition) is 1. The molecule has 1 rings (SSSR count). The van der Waals surface area contributed by atoms with Gasteiger partial charge in [0, 0.05) is 5.92 Å². The van der Waals surface area contributed by atoms with Crippen LogP contribution in [0.4, 0.5) is 0 Å². The van der Waals surface area contributed by atoms with Crippen LogP contribution in [0.5, 0.6) is 0 Å². The highest BCUT2D eigenvalue weighted by molar-refractivity contribution is 5.73. The highest BCUT2D eigenvalue weighted by Gasteiger charge is 2.44. The Balaban J connectivity index is 2.86. The molecule has 1 fully saturated rings. The first-order chi connectivity index (χ1) is 5.14. The van der Waals surface area contributed by atoms with Crippen LogP contribution in [0.15, 0.2) is 0 Å². The molecule has 0 radical (unpaired) electrons. The van der Waals surface area contributed by atoms with Gasteiger partial charge in [-0.15, -0.1) is 6.42 Å². The lowest BCUT2D eigenvalue weighted by molar-refractivity contribution is -0.147. The number of rotatable bonds is 1. The second-order valence-corrected chi connectivity index (χ2v) is 2.77. The maximum atomic E-state index is 10.8. The van der Waals surface area contributed by atoms with Crippen LogP contribution < -0.4 is 0 Å². The van der Waals surface area contributed by atoms with Crippen molar-refractivity contribution in [2.24, 2.45) is 5.92 Å². The van der Waals surface area contributed by atoms with E-state index in [1.165, 1.54) is 0 Å². The molecule has 0 aromatic carbocycles. The summed E-state index contributed by atoms with van der Waals surface area (Å²) in [5.41, 5.74) is -1.06. The summed E-state index contributed by atoms with van der Waals surface area (Å²) >= 11 is 0. The Bertz CT molecular complexity index is 216. The normalized spacial score (nSPS) is 36.5. The third kappa shape index (κ3) is 1.10. The van der Waals surface area contributed by atoms with E-state index in [9.17, 15) is 4.79 Å². The van der Waals surface area contributed by atoms with E-state index in [0.717, 1.165) is 0 Å². The lowest BCUT2D eigenvalue weighted by Crippen LogP contribution is -2.36. The van der Waals surface area contributed by atoms with Crippen molar-refractivity contribution in [3.8, 4) is 12.3 Å². The molecule has 0 unspecified atom stereocenters. The van der Waals surface area contributed by atoms with Crippen LogP contribution in [0.1, 0.15) is 13.3 Å². The number of carbonyl (C=O) groups is 1. The van der Waals surface area contributed by atoms with Crippen molar-refractivity contribution in [3.63, 3.8) is 0 Å². The number of hydrogen-bond acceptors (Lipinski definition) is 3. The minimum Gasteiger partial charge on any atom is -0.443 e. The maximum Gasteiger partial charge on any atom is 0.307 e. The van der Waals surface area contributed by atoms with Crippen LogP contribution in [-0.4, -0.2) is 23.3 Å². The third-order valence-electron chi connectivity index (χ3n) is 2.04. The Kier molecular flexibility index (Phi) is 1.88. The van der Waals surface area contributed by atoms with Gasteiger partial charge < -0.3 is 9.84 Å². The molecule has 0 bridgehead atoms. The van der Waals surface area contributed by atoms with Crippen LogP contribution in [0.3, 0.4) is 0 Å². The first-order valence-corrected chi connectivity index (χ1v) is 3.45. The monoisotopic (exact) mass is 154 g/mol. The van der Waals surface area contributed by atoms with Gasteiger partial charge in [0.1, 0.15) is 0 Å². The van der Waals surface area contributed by atoms with Gasteiger partial charge in [0.15, 0.2) is 5.60 Å². The van der Waals surface area contributed by atoms with E-state index in [0.29, 0.717) is 6.42 Å². The Morgan fingerprint density at radius 1 is 2.00 bits per heavy atom. The largest absolute Gasteiger partial charge is 0.443 e. The zero-order chi connectivity index (χ0) is 8.48. The van der Waals surface area contributed by atoms with Crippen LogP contribution >= 0.6 is 0 Å². The van der Waals surface area contributed by atoms with E-state index in [-0.39, 0.29) is 18.5 Å². The highest BCUT2D eigenvalue weighted by Crippen LogP contribution is 2.31. The Morgan fingerprint density at radius 2 is 2.64 bits per heavy atom. The van der Waals surface area contributed by atoms with Gasteiger partial charge in [0.25, 0.3) is 0 Å². The van der Waals surface area contributed by atoms with Crippen molar-refractivity contribution < 1.29 is 14.6 Å². The maximum absolute atomic E-state index is 10.8. The SMILES string of the molecule is C#C[C@]1(CO)OC(=O)C[C@@H]1C. The molecule has 0 aromatic heterocycles. The number of ether oxygens (including phenoxy) is 1. The van der Waals surface area contributed by atoms with Crippen LogP contribution in [-0.2, 0) is 9.53 Å². The fraction of sp³-hybridized carbons (Fsp3) is 0.625. The van der Waals surface area contributed by atoms with Gasteiger partial charge in [-0.05, 0) is 0 Å². The van der Waals surface area contributed by atoms with E-state index in [2.05, 4.69) is 5.92 Å². The first kappa shape index (κ1) is 8.09. The zero-order valence-electron chi connectivity index (χ0n) is 6.33. The molecule has 0 spiro atoms. The molecule has 3 heteroatoms. The molecule has 3 nitrogen and oxygen atoms in total. The molecule has 60 valence electrons. The number of aliphatic hydroxyl groups is 1. The lowest BCUT2D eigenvalue weighted by atomic mass is 9.91. The predicted octanol–water partition coefficient (Wildman–Crippen LogP) is -0.0663. The van der Waals surface area contributed by atoms with Gasteiger partial charge in [0.05, 0.1) is 13.0 Å². The summed E-state index contributed by atoms with van der Waals surface area (Å²) in [6, 6.07) is 0. The highest BCUT2D eigenvalue weighted by atomic mass is 16.6. The van der Waals surface area contributed by atoms with Crippen molar-refractivity contribution in [2.45, 2.75) is 18.9 Å². The summed E-state index contributed by atoms with van der Waals surface area (Å²) in [5.74, 6) is 1.89. The van der Waals surface area contributed by atoms with Gasteiger partial charge >= 0.3 is 5.97 Å². The Labute approximate surface area is 65.4 Å². The Morgan fingerprint density at radius 3 is 2.82 bits per heavy atom. The van der Waals surface area contributed by atoms with Crippen molar-refractivity contribution in [1.82, 2.24) is 0 Å². The molecule has 0 aliphatic carbocycles. The molecule has 11 heavy (non-hydrogen) atoms. The average Bonchev–Trinajstić information content (AvgIpc) is 2.27. The number of cyclic esters (lactones) is 1. The fourth-order valence-corrected chi connectivity index (χ4v) is 1.17. The molecule has 2 atom stereocenters. The van der Waals surface area contributed by atoms with E-state index in [1.54, 1.807) is 6.92 Å². The number of carbonyl (C=O) groups excluding carboxylic acids is 1. The summed E-state index contributed by atoms with van der Waals surface area (Å²) in [7, 11) is 0. The summed E-state index contributed by atoms with van der Waals surface area (Å²) in [6.07, 6.45) is 5.44. The van der Waals surface area contributed by atoms with E-state index in [4.69, 9.17) is 16.3 Å². The van der Waals surface area contributed by atoms with E-state index >= 15 is 0 Å². The molecule has 1 saturated heterocycles. The van der Waals surface area contributed by atoms with Crippen LogP contribution in [0.25, 0.3) is 0 Å². The molecule has 0 saturated carbocycles. The molecule has 1 N–H and O–H groups in total. The van der Waals surface area contributed by atoms with Crippen LogP contribution in [0, 0.1) is 18.3 Å². The smallest absolute Gasteiger partial charge is 0.307 e. The summed E-state index contributed by atoms with van der Waals surface area (Å²) < 4.78 is 4.83. The van der Waals surface area contributed by atoms with Gasteiger partial charge in [-0.1, -0.05) is 12.8 Å². The van der Waals surface area contributed by atoms with E-state index < -0.39 is 5.60 Å². The summed E-state index contributed by atoms with van der Waals surface area (Å²) in [5, 5.41) is 8.88.